The molecule has 2 rings (SSSR count). The Kier molecular flexibility index (Phi) is 3.83. The predicted octanol–water partition coefficient (Wildman–Crippen LogP) is 1.20. The summed E-state index contributed by atoms with van der Waals surface area (Å²) in [4.78, 5) is 5.12. The summed E-state index contributed by atoms with van der Waals surface area (Å²) in [6.45, 7) is 0. The van der Waals surface area contributed by atoms with Gasteiger partial charge >= 0.3 is 0 Å². The fraction of sp³-hybridized carbons (Fsp3) is 0.182. The molecule has 0 aromatic carbocycles. The van der Waals surface area contributed by atoms with Gasteiger partial charge in [-0.15, -0.1) is 11.8 Å². The zero-order valence-corrected chi connectivity index (χ0v) is 10.6. The van der Waals surface area contributed by atoms with Gasteiger partial charge in [0.15, 0.2) is 5.84 Å². The second-order valence-corrected chi connectivity index (χ2v) is 4.72. The Labute approximate surface area is 109 Å². The van der Waals surface area contributed by atoms with E-state index in [9.17, 15) is 0 Å². The highest BCUT2D eigenvalue weighted by Crippen LogP contribution is 2.21. The molecule has 2 heterocycles. The molecule has 2 aromatic heterocycles. The van der Waals surface area contributed by atoms with E-state index in [1.807, 2.05) is 25.5 Å². The number of thioether (sulfide) groups is 1. The van der Waals surface area contributed by atoms with Gasteiger partial charge in [-0.2, -0.15) is 5.10 Å². The van der Waals surface area contributed by atoms with Crippen LogP contribution in [0.1, 0.15) is 11.3 Å². The lowest BCUT2D eigenvalue weighted by Gasteiger charge is -2.02. The van der Waals surface area contributed by atoms with Gasteiger partial charge in [0.05, 0.1) is 6.20 Å². The topological polar surface area (TPSA) is 89.3 Å². The van der Waals surface area contributed by atoms with Crippen LogP contribution in [-0.4, -0.2) is 25.8 Å². The maximum absolute atomic E-state index is 8.60. The smallest absolute Gasteiger partial charge is 0.188 e. The highest BCUT2D eigenvalue weighted by Gasteiger charge is 2.03. The molecule has 0 aliphatic rings. The number of nitrogens with two attached hydrogens (primary N) is 1. The minimum Gasteiger partial charge on any atom is -0.409 e. The van der Waals surface area contributed by atoms with Gasteiger partial charge in [-0.05, 0) is 17.7 Å². The summed E-state index contributed by atoms with van der Waals surface area (Å²) < 4.78 is 1.76. The van der Waals surface area contributed by atoms with Crippen molar-refractivity contribution in [3.8, 4) is 0 Å². The van der Waals surface area contributed by atoms with Crippen LogP contribution in [0.15, 0.2) is 40.8 Å². The maximum Gasteiger partial charge on any atom is 0.188 e. The van der Waals surface area contributed by atoms with E-state index in [0.717, 1.165) is 16.2 Å². The normalized spacial score (nSPS) is 11.7. The molecule has 0 saturated carbocycles. The van der Waals surface area contributed by atoms with Crippen LogP contribution in [-0.2, 0) is 12.8 Å². The average Bonchev–Trinajstić information content (AvgIpc) is 2.81. The number of nitrogens with zero attached hydrogens (tertiary/aromatic N) is 4. The second kappa shape index (κ2) is 5.54. The Balaban J connectivity index is 2.05. The zero-order valence-electron chi connectivity index (χ0n) is 9.82. The summed E-state index contributed by atoms with van der Waals surface area (Å²) in [5, 5.41) is 15.6. The maximum atomic E-state index is 8.60. The molecule has 0 aliphatic carbocycles. The molecule has 0 fully saturated rings. The van der Waals surface area contributed by atoms with Gasteiger partial charge in [0.25, 0.3) is 0 Å². The van der Waals surface area contributed by atoms with Crippen LogP contribution in [0.25, 0.3) is 0 Å². The number of amidine groups is 1. The minimum absolute atomic E-state index is 0.0169. The lowest BCUT2D eigenvalue weighted by molar-refractivity contribution is 0.318. The van der Waals surface area contributed by atoms with Crippen molar-refractivity contribution >= 4 is 17.6 Å². The lowest BCUT2D eigenvalue weighted by Crippen LogP contribution is -2.15. The second-order valence-electron chi connectivity index (χ2n) is 3.67. The number of rotatable bonds is 4. The van der Waals surface area contributed by atoms with Crippen molar-refractivity contribution in [2.75, 3.05) is 0 Å². The molecule has 2 aromatic rings. The Bertz CT molecular complexity index is 566. The van der Waals surface area contributed by atoms with Gasteiger partial charge in [-0.1, -0.05) is 5.16 Å². The Morgan fingerprint density at radius 1 is 1.61 bits per heavy atom. The van der Waals surface area contributed by atoms with Gasteiger partial charge in [-0.25, -0.2) is 0 Å². The standard InChI is InChI=1S/C11H13N5OS/c1-16-6-9(5-14-16)18-7-8-2-3-13-10(4-8)11(12)15-17/h2-6,17H,7H2,1H3,(H2,12,15). The van der Waals surface area contributed by atoms with Crippen LogP contribution in [0.4, 0.5) is 0 Å². The summed E-state index contributed by atoms with van der Waals surface area (Å²) in [6.07, 6.45) is 5.42. The van der Waals surface area contributed by atoms with Crippen molar-refractivity contribution in [2.24, 2.45) is 17.9 Å². The largest absolute Gasteiger partial charge is 0.409 e. The van der Waals surface area contributed by atoms with Gasteiger partial charge in [0.1, 0.15) is 5.69 Å². The molecule has 0 amide bonds. The van der Waals surface area contributed by atoms with Crippen molar-refractivity contribution in [3.05, 3.63) is 42.0 Å². The highest BCUT2D eigenvalue weighted by atomic mass is 32.2. The number of aromatic nitrogens is 3. The molecule has 7 heteroatoms. The van der Waals surface area contributed by atoms with Crippen LogP contribution >= 0.6 is 11.8 Å². The molecule has 0 unspecified atom stereocenters. The van der Waals surface area contributed by atoms with E-state index >= 15 is 0 Å². The fourth-order valence-corrected chi connectivity index (χ4v) is 2.26. The van der Waals surface area contributed by atoms with E-state index in [4.69, 9.17) is 10.9 Å². The molecule has 0 saturated heterocycles. The quantitative estimate of drug-likeness (QED) is 0.284. The van der Waals surface area contributed by atoms with Gasteiger partial charge in [0, 0.05) is 30.1 Å². The van der Waals surface area contributed by atoms with Crippen molar-refractivity contribution in [1.29, 1.82) is 0 Å². The molecule has 18 heavy (non-hydrogen) atoms. The number of oxime groups is 1. The van der Waals surface area contributed by atoms with E-state index in [-0.39, 0.29) is 5.84 Å². The number of hydrogen-bond acceptors (Lipinski definition) is 5. The third-order valence-corrected chi connectivity index (χ3v) is 3.30. The lowest BCUT2D eigenvalue weighted by atomic mass is 10.2. The molecule has 94 valence electrons. The molecule has 0 radical (unpaired) electrons. The zero-order chi connectivity index (χ0) is 13.0. The number of pyridine rings is 1. The SMILES string of the molecule is Cn1cc(SCc2ccnc(C(N)=NO)c2)cn1. The summed E-state index contributed by atoms with van der Waals surface area (Å²) in [5.41, 5.74) is 7.02. The van der Waals surface area contributed by atoms with Crippen LogP contribution < -0.4 is 5.73 Å². The molecular weight excluding hydrogens is 250 g/mol. The summed E-state index contributed by atoms with van der Waals surface area (Å²) in [5.74, 6) is 0.795. The van der Waals surface area contributed by atoms with Crippen LogP contribution in [0.3, 0.4) is 0 Å². The van der Waals surface area contributed by atoms with Gasteiger partial charge < -0.3 is 10.9 Å². The van der Waals surface area contributed by atoms with E-state index in [1.54, 1.807) is 28.7 Å². The van der Waals surface area contributed by atoms with Crippen molar-refractivity contribution < 1.29 is 5.21 Å². The highest BCUT2D eigenvalue weighted by molar-refractivity contribution is 7.98. The monoisotopic (exact) mass is 263 g/mol. The molecule has 0 aliphatic heterocycles. The van der Waals surface area contributed by atoms with E-state index in [2.05, 4.69) is 15.2 Å². The van der Waals surface area contributed by atoms with E-state index in [0.29, 0.717) is 5.69 Å². The van der Waals surface area contributed by atoms with E-state index in [1.165, 1.54) is 0 Å². The van der Waals surface area contributed by atoms with Crippen LogP contribution in [0, 0.1) is 0 Å². The first kappa shape index (κ1) is 12.4. The van der Waals surface area contributed by atoms with Crippen molar-refractivity contribution in [1.82, 2.24) is 14.8 Å². The molecule has 6 nitrogen and oxygen atoms in total. The number of hydrogen-bond donors (Lipinski definition) is 2. The molecule has 3 N–H and O–H groups in total. The Morgan fingerprint density at radius 3 is 3.11 bits per heavy atom. The van der Waals surface area contributed by atoms with Gasteiger partial charge in [0.2, 0.25) is 0 Å². The fourth-order valence-electron chi connectivity index (χ4n) is 1.40. The predicted molar refractivity (Wildman–Crippen MR) is 69.5 cm³/mol. The molecule has 0 bridgehead atoms. The Hall–Kier alpha value is -2.02. The summed E-state index contributed by atoms with van der Waals surface area (Å²) >= 11 is 1.67. The summed E-state index contributed by atoms with van der Waals surface area (Å²) in [6, 6.07) is 3.70. The van der Waals surface area contributed by atoms with Crippen molar-refractivity contribution in [3.63, 3.8) is 0 Å². The minimum atomic E-state index is 0.0169. The van der Waals surface area contributed by atoms with Crippen molar-refractivity contribution in [2.45, 2.75) is 10.6 Å². The molecular formula is C11H13N5OS. The first-order valence-corrected chi connectivity index (χ1v) is 6.22. The van der Waals surface area contributed by atoms with Crippen LogP contribution in [0.2, 0.25) is 0 Å². The molecule has 0 atom stereocenters. The Morgan fingerprint density at radius 2 is 2.44 bits per heavy atom. The van der Waals surface area contributed by atoms with E-state index < -0.39 is 0 Å². The number of aryl methyl sites for hydroxylation is 1. The molecule has 0 spiro atoms. The summed E-state index contributed by atoms with van der Waals surface area (Å²) in [7, 11) is 1.88. The van der Waals surface area contributed by atoms with Gasteiger partial charge in [-0.3, -0.25) is 9.67 Å². The third kappa shape index (κ3) is 3.01. The average molecular weight is 263 g/mol. The third-order valence-electron chi connectivity index (χ3n) is 2.28. The first-order valence-electron chi connectivity index (χ1n) is 5.23. The van der Waals surface area contributed by atoms with Crippen LogP contribution in [0.5, 0.6) is 0 Å². The first-order chi connectivity index (χ1) is 8.69.